The van der Waals surface area contributed by atoms with Crippen molar-refractivity contribution in [2.75, 3.05) is 38.1 Å². The average Bonchev–Trinajstić information content (AvgIpc) is 3.26. The number of carbonyl (C=O) groups is 2. The van der Waals surface area contributed by atoms with Gasteiger partial charge in [0, 0.05) is 51.3 Å². The van der Waals surface area contributed by atoms with Crippen molar-refractivity contribution in [1.29, 1.82) is 0 Å². The zero-order valence-electron chi connectivity index (χ0n) is 19.6. The molecule has 0 spiro atoms. The van der Waals surface area contributed by atoms with Crippen LogP contribution in [-0.4, -0.2) is 69.6 Å². The lowest BCUT2D eigenvalue weighted by Crippen LogP contribution is -2.37. The molecule has 1 aliphatic heterocycles. The summed E-state index contributed by atoms with van der Waals surface area (Å²) in [5, 5.41) is 4.11. The van der Waals surface area contributed by atoms with Crippen LogP contribution in [0.3, 0.4) is 0 Å². The minimum atomic E-state index is 0.132. The number of amides is 2. The number of nitrogens with zero attached hydrogens (tertiary/aromatic N) is 6. The first-order valence-corrected chi connectivity index (χ1v) is 11.6. The number of para-hydroxylation sites is 1. The fourth-order valence-corrected chi connectivity index (χ4v) is 4.04. The van der Waals surface area contributed by atoms with Crippen molar-refractivity contribution in [1.82, 2.24) is 24.6 Å². The van der Waals surface area contributed by atoms with E-state index in [1.54, 1.807) is 11.0 Å². The Labute approximate surface area is 191 Å². The number of aryl methyl sites for hydroxylation is 1. The SMILES string of the molecule is CC(C)CC(=O)N1CCCN(C)CCN(C(=O)CCCn2cncn2)Cc2ccccc21. The van der Waals surface area contributed by atoms with Gasteiger partial charge in [-0.1, -0.05) is 32.0 Å². The number of fused-ring (bicyclic) bond motifs is 1. The van der Waals surface area contributed by atoms with Gasteiger partial charge >= 0.3 is 0 Å². The van der Waals surface area contributed by atoms with Crippen molar-refractivity contribution < 1.29 is 9.59 Å². The first-order valence-electron chi connectivity index (χ1n) is 11.6. The Morgan fingerprint density at radius 2 is 1.88 bits per heavy atom. The minimum absolute atomic E-state index is 0.132. The van der Waals surface area contributed by atoms with E-state index in [4.69, 9.17) is 0 Å². The largest absolute Gasteiger partial charge is 0.337 e. The van der Waals surface area contributed by atoms with E-state index in [0.717, 1.165) is 37.2 Å². The molecule has 0 bridgehead atoms. The molecule has 8 heteroatoms. The Kier molecular flexibility index (Phi) is 8.79. The van der Waals surface area contributed by atoms with Gasteiger partial charge < -0.3 is 14.7 Å². The van der Waals surface area contributed by atoms with Crippen LogP contribution in [0.4, 0.5) is 5.69 Å². The Morgan fingerprint density at radius 3 is 2.62 bits per heavy atom. The smallest absolute Gasteiger partial charge is 0.227 e. The molecule has 3 rings (SSSR count). The van der Waals surface area contributed by atoms with Gasteiger partial charge in [-0.05, 0) is 44.0 Å². The molecule has 1 aliphatic rings. The molecular weight excluding hydrogens is 404 g/mol. The van der Waals surface area contributed by atoms with E-state index in [-0.39, 0.29) is 11.8 Å². The fraction of sp³-hybridized carbons (Fsp3) is 0.583. The number of aromatic nitrogens is 3. The predicted octanol–water partition coefficient (Wildman–Crippen LogP) is 2.80. The first-order chi connectivity index (χ1) is 15.4. The lowest BCUT2D eigenvalue weighted by molar-refractivity contribution is -0.132. The number of anilines is 1. The summed E-state index contributed by atoms with van der Waals surface area (Å²) in [5.41, 5.74) is 1.96. The molecular formula is C24H36N6O2. The van der Waals surface area contributed by atoms with Crippen LogP contribution in [0, 0.1) is 5.92 Å². The number of hydrogen-bond acceptors (Lipinski definition) is 5. The van der Waals surface area contributed by atoms with E-state index in [1.165, 1.54) is 6.33 Å². The minimum Gasteiger partial charge on any atom is -0.337 e. The fourth-order valence-electron chi connectivity index (χ4n) is 4.04. The molecule has 32 heavy (non-hydrogen) atoms. The van der Waals surface area contributed by atoms with Crippen LogP contribution in [0.1, 0.15) is 45.1 Å². The Hall–Kier alpha value is -2.74. The normalized spacial score (nSPS) is 16.0. The Morgan fingerprint density at radius 1 is 1.06 bits per heavy atom. The maximum Gasteiger partial charge on any atom is 0.227 e. The van der Waals surface area contributed by atoms with Crippen molar-refractivity contribution in [2.45, 2.75) is 52.6 Å². The number of rotatable bonds is 6. The average molecular weight is 441 g/mol. The summed E-state index contributed by atoms with van der Waals surface area (Å²) in [5.74, 6) is 0.589. The van der Waals surface area contributed by atoms with E-state index < -0.39 is 0 Å². The maximum atomic E-state index is 13.1. The van der Waals surface area contributed by atoms with Crippen molar-refractivity contribution in [2.24, 2.45) is 5.92 Å². The molecule has 0 saturated carbocycles. The monoisotopic (exact) mass is 440 g/mol. The summed E-state index contributed by atoms with van der Waals surface area (Å²) in [6, 6.07) is 8.03. The molecule has 2 aromatic rings. The molecule has 2 heterocycles. The summed E-state index contributed by atoms with van der Waals surface area (Å²) >= 11 is 0. The van der Waals surface area contributed by atoms with Gasteiger partial charge in [0.05, 0.1) is 0 Å². The molecule has 1 aromatic carbocycles. The third-order valence-corrected chi connectivity index (χ3v) is 5.80. The van der Waals surface area contributed by atoms with Crippen LogP contribution in [-0.2, 0) is 22.7 Å². The summed E-state index contributed by atoms with van der Waals surface area (Å²) < 4.78 is 1.75. The molecule has 0 N–H and O–H groups in total. The van der Waals surface area contributed by atoms with Crippen LogP contribution in [0.15, 0.2) is 36.9 Å². The third kappa shape index (κ3) is 6.88. The highest BCUT2D eigenvalue weighted by Gasteiger charge is 2.23. The lowest BCUT2D eigenvalue weighted by Gasteiger charge is -2.28. The first kappa shape index (κ1) is 23.9. The number of carbonyl (C=O) groups excluding carboxylic acids is 2. The van der Waals surface area contributed by atoms with Crippen molar-refractivity contribution >= 4 is 17.5 Å². The van der Waals surface area contributed by atoms with Gasteiger partial charge in [-0.25, -0.2) is 4.98 Å². The van der Waals surface area contributed by atoms with Gasteiger partial charge in [-0.3, -0.25) is 14.3 Å². The van der Waals surface area contributed by atoms with E-state index in [0.29, 0.717) is 44.9 Å². The molecule has 174 valence electrons. The summed E-state index contributed by atoms with van der Waals surface area (Å²) in [6.45, 7) is 8.41. The second-order valence-corrected chi connectivity index (χ2v) is 9.01. The molecule has 0 radical (unpaired) electrons. The van der Waals surface area contributed by atoms with Gasteiger partial charge in [-0.2, -0.15) is 5.10 Å². The van der Waals surface area contributed by atoms with Gasteiger partial charge in [0.1, 0.15) is 12.7 Å². The Bertz CT molecular complexity index is 867. The second-order valence-electron chi connectivity index (χ2n) is 9.01. The topological polar surface area (TPSA) is 74.6 Å². The molecule has 8 nitrogen and oxygen atoms in total. The van der Waals surface area contributed by atoms with Crippen molar-refractivity contribution in [3.63, 3.8) is 0 Å². The standard InChI is InChI=1S/C24H36N6O2/c1-20(2)16-24(32)30-13-7-11-27(3)14-15-28(17-21-8-4-5-9-22(21)30)23(31)10-6-12-29-19-25-18-26-29/h4-5,8-9,18-20H,6-7,10-17H2,1-3H3. The van der Waals surface area contributed by atoms with Crippen molar-refractivity contribution in [3.05, 3.63) is 42.5 Å². The lowest BCUT2D eigenvalue weighted by atomic mass is 10.1. The predicted molar refractivity (Wildman–Crippen MR) is 125 cm³/mol. The van der Waals surface area contributed by atoms with E-state index in [9.17, 15) is 9.59 Å². The second kappa shape index (κ2) is 11.8. The highest BCUT2D eigenvalue weighted by atomic mass is 16.2. The quantitative estimate of drug-likeness (QED) is 0.691. The van der Waals surface area contributed by atoms with Crippen LogP contribution in [0.5, 0.6) is 0 Å². The molecule has 0 aliphatic carbocycles. The van der Waals surface area contributed by atoms with E-state index in [2.05, 4.69) is 35.9 Å². The third-order valence-electron chi connectivity index (χ3n) is 5.80. The van der Waals surface area contributed by atoms with E-state index >= 15 is 0 Å². The molecule has 0 atom stereocenters. The van der Waals surface area contributed by atoms with Crippen LogP contribution in [0.25, 0.3) is 0 Å². The van der Waals surface area contributed by atoms with Gasteiger partial charge in [0.2, 0.25) is 11.8 Å². The van der Waals surface area contributed by atoms with Gasteiger partial charge in [-0.15, -0.1) is 0 Å². The molecule has 0 unspecified atom stereocenters. The summed E-state index contributed by atoms with van der Waals surface area (Å²) in [4.78, 5) is 36.3. The molecule has 2 amide bonds. The van der Waals surface area contributed by atoms with Crippen LogP contribution in [0.2, 0.25) is 0 Å². The summed E-state index contributed by atoms with van der Waals surface area (Å²) in [7, 11) is 2.08. The molecule has 0 fully saturated rings. The molecule has 0 saturated heterocycles. The van der Waals surface area contributed by atoms with Gasteiger partial charge in [0.15, 0.2) is 0 Å². The molecule has 1 aromatic heterocycles. The van der Waals surface area contributed by atoms with Crippen molar-refractivity contribution in [3.8, 4) is 0 Å². The summed E-state index contributed by atoms with van der Waals surface area (Å²) in [6.07, 6.45) is 5.78. The van der Waals surface area contributed by atoms with Crippen LogP contribution < -0.4 is 4.90 Å². The van der Waals surface area contributed by atoms with Crippen LogP contribution >= 0.6 is 0 Å². The number of benzene rings is 1. The number of hydrogen-bond donors (Lipinski definition) is 0. The highest BCUT2D eigenvalue weighted by molar-refractivity contribution is 5.94. The zero-order chi connectivity index (χ0) is 22.9. The Balaban J connectivity index is 1.78. The van der Waals surface area contributed by atoms with E-state index in [1.807, 2.05) is 34.1 Å². The maximum absolute atomic E-state index is 13.1. The zero-order valence-corrected chi connectivity index (χ0v) is 19.6. The van der Waals surface area contributed by atoms with Gasteiger partial charge in [0.25, 0.3) is 0 Å². The highest BCUT2D eigenvalue weighted by Crippen LogP contribution is 2.25. The number of likely N-dealkylation sites (N-methyl/N-ethyl adjacent to an activating group) is 1.